The lowest BCUT2D eigenvalue weighted by molar-refractivity contribution is -0.134. The Morgan fingerprint density at radius 3 is 2.69 bits per heavy atom. The number of nitrogens with zero attached hydrogens (tertiary/aromatic N) is 2. The molecule has 1 aliphatic rings. The summed E-state index contributed by atoms with van der Waals surface area (Å²) >= 11 is 0. The van der Waals surface area contributed by atoms with Crippen molar-refractivity contribution in [2.75, 3.05) is 39.2 Å². The molecule has 0 unspecified atom stereocenters. The molecule has 1 saturated heterocycles. The molecular weight excluding hydrogens is 330 g/mol. The zero-order chi connectivity index (χ0) is 18.5. The summed E-state index contributed by atoms with van der Waals surface area (Å²) in [6.45, 7) is 3.58. The molecule has 0 spiro atoms. The normalized spacial score (nSPS) is 16.6. The van der Waals surface area contributed by atoms with Crippen LogP contribution in [0.25, 0.3) is 0 Å². The number of hydrogen-bond acceptors (Lipinski definition) is 5. The quantitative estimate of drug-likeness (QED) is 0.863. The molecule has 1 aliphatic heterocycles. The predicted octanol–water partition coefficient (Wildman–Crippen LogP) is 3.10. The van der Waals surface area contributed by atoms with Crippen LogP contribution in [0.3, 0.4) is 0 Å². The zero-order valence-electron chi connectivity index (χ0n) is 15.5. The Morgan fingerprint density at radius 1 is 1.23 bits per heavy atom. The van der Waals surface area contributed by atoms with Crippen LogP contribution in [0.1, 0.15) is 23.7 Å². The summed E-state index contributed by atoms with van der Waals surface area (Å²) in [6.07, 6.45) is 0.924. The first-order valence-corrected chi connectivity index (χ1v) is 8.75. The van der Waals surface area contributed by atoms with Crippen molar-refractivity contribution in [1.29, 1.82) is 0 Å². The van der Waals surface area contributed by atoms with Crippen LogP contribution >= 0.6 is 0 Å². The fourth-order valence-electron chi connectivity index (χ4n) is 3.26. The minimum atomic E-state index is 0.0410. The second kappa shape index (κ2) is 8.19. The number of pyridine rings is 1. The molecule has 1 atom stereocenters. The van der Waals surface area contributed by atoms with Crippen LogP contribution < -0.4 is 10.1 Å². The van der Waals surface area contributed by atoms with Gasteiger partial charge in [0.15, 0.2) is 0 Å². The van der Waals surface area contributed by atoms with Gasteiger partial charge in [-0.3, -0.25) is 9.78 Å². The molecule has 1 N–H and O–H groups in total. The number of anilines is 2. The van der Waals surface area contributed by atoms with E-state index in [4.69, 9.17) is 14.5 Å². The average molecular weight is 355 g/mol. The lowest BCUT2D eigenvalue weighted by Crippen LogP contribution is -2.31. The van der Waals surface area contributed by atoms with E-state index in [1.54, 1.807) is 14.2 Å². The van der Waals surface area contributed by atoms with Crippen LogP contribution in [-0.4, -0.2) is 49.7 Å². The smallest absolute Gasteiger partial charge is 0.248 e. The monoisotopic (exact) mass is 355 g/mol. The number of likely N-dealkylation sites (tertiary alicyclic amines) is 1. The summed E-state index contributed by atoms with van der Waals surface area (Å²) in [5.41, 5.74) is 3.97. The summed E-state index contributed by atoms with van der Waals surface area (Å²) in [4.78, 5) is 18.6. The van der Waals surface area contributed by atoms with Crippen LogP contribution in [-0.2, 0) is 9.53 Å². The molecule has 6 nitrogen and oxygen atoms in total. The Hall–Kier alpha value is -2.60. The van der Waals surface area contributed by atoms with Crippen LogP contribution in [0, 0.1) is 6.92 Å². The van der Waals surface area contributed by atoms with E-state index in [1.165, 1.54) is 0 Å². The van der Waals surface area contributed by atoms with Crippen LogP contribution in [0.5, 0.6) is 5.75 Å². The molecule has 1 fully saturated rings. The van der Waals surface area contributed by atoms with E-state index >= 15 is 0 Å². The Labute approximate surface area is 154 Å². The Kier molecular flexibility index (Phi) is 5.73. The van der Waals surface area contributed by atoms with Crippen molar-refractivity contribution in [2.24, 2.45) is 0 Å². The van der Waals surface area contributed by atoms with Gasteiger partial charge in [-0.15, -0.1) is 0 Å². The second-order valence-electron chi connectivity index (χ2n) is 6.53. The van der Waals surface area contributed by atoms with Crippen molar-refractivity contribution < 1.29 is 14.3 Å². The number of ether oxygens (including phenoxy) is 2. The van der Waals surface area contributed by atoms with Gasteiger partial charge in [0.1, 0.15) is 12.4 Å². The molecule has 6 heteroatoms. The van der Waals surface area contributed by atoms with Crippen molar-refractivity contribution in [3.63, 3.8) is 0 Å². The number of benzene rings is 1. The van der Waals surface area contributed by atoms with Crippen molar-refractivity contribution >= 4 is 17.3 Å². The molecule has 1 amide bonds. The Bertz CT molecular complexity index is 761. The van der Waals surface area contributed by atoms with Gasteiger partial charge in [-0.05, 0) is 49.7 Å². The first-order chi connectivity index (χ1) is 12.6. The summed E-state index contributed by atoms with van der Waals surface area (Å²) in [6, 6.07) is 11.9. The lowest BCUT2D eigenvalue weighted by Gasteiger charge is -2.17. The van der Waals surface area contributed by atoms with E-state index in [9.17, 15) is 4.79 Å². The molecule has 2 heterocycles. The van der Waals surface area contributed by atoms with Gasteiger partial charge in [0, 0.05) is 48.9 Å². The molecule has 1 aromatic heterocycles. The Balaban J connectivity index is 1.72. The third kappa shape index (κ3) is 4.32. The number of carbonyl (C=O) groups excluding carboxylic acids is 1. The van der Waals surface area contributed by atoms with Gasteiger partial charge in [0.2, 0.25) is 5.91 Å². The minimum Gasteiger partial charge on any atom is -0.497 e. The maximum Gasteiger partial charge on any atom is 0.248 e. The molecule has 1 aromatic carbocycles. The molecular formula is C20H25N3O3. The van der Waals surface area contributed by atoms with Gasteiger partial charge < -0.3 is 19.7 Å². The number of aryl methyl sites for hydroxylation is 1. The fraction of sp³-hybridized carbons (Fsp3) is 0.400. The molecule has 2 aromatic rings. The number of hydrogen-bond donors (Lipinski definition) is 1. The van der Waals surface area contributed by atoms with Crippen LogP contribution in [0.4, 0.5) is 11.4 Å². The number of nitrogens with one attached hydrogen (secondary N) is 1. The third-order valence-corrected chi connectivity index (χ3v) is 4.58. The molecule has 0 aliphatic carbocycles. The number of carbonyl (C=O) groups is 1. The summed E-state index contributed by atoms with van der Waals surface area (Å²) in [5.74, 6) is 1.13. The van der Waals surface area contributed by atoms with Crippen molar-refractivity contribution in [3.05, 3.63) is 47.8 Å². The third-order valence-electron chi connectivity index (χ3n) is 4.58. The van der Waals surface area contributed by atoms with Crippen molar-refractivity contribution in [2.45, 2.75) is 19.3 Å². The topological polar surface area (TPSA) is 63.7 Å². The molecule has 0 bridgehead atoms. The average Bonchev–Trinajstić information content (AvgIpc) is 3.12. The number of aromatic nitrogens is 1. The van der Waals surface area contributed by atoms with Crippen LogP contribution in [0.15, 0.2) is 36.4 Å². The van der Waals surface area contributed by atoms with Crippen molar-refractivity contribution in [1.82, 2.24) is 9.88 Å². The summed E-state index contributed by atoms with van der Waals surface area (Å²) < 4.78 is 10.1. The SMILES string of the molecule is COCC(=O)N1CC[C@H](c2cc(Nc3ccc(OC)cc3)cc(C)n2)C1. The standard InChI is InChI=1S/C20H25N3O3/c1-14-10-17(22-16-4-6-18(26-3)7-5-16)11-19(21-14)15-8-9-23(12-15)20(24)13-25-2/h4-7,10-11,15H,8-9,12-13H2,1-3H3,(H,21,22)/t15-/m0/s1. The van der Waals surface area contributed by atoms with Gasteiger partial charge in [0.25, 0.3) is 0 Å². The highest BCUT2D eigenvalue weighted by molar-refractivity contribution is 5.77. The Morgan fingerprint density at radius 2 is 2.00 bits per heavy atom. The number of methoxy groups -OCH3 is 2. The largest absolute Gasteiger partial charge is 0.497 e. The summed E-state index contributed by atoms with van der Waals surface area (Å²) in [7, 11) is 3.20. The molecule has 138 valence electrons. The zero-order valence-corrected chi connectivity index (χ0v) is 15.5. The van der Waals surface area contributed by atoms with E-state index in [0.29, 0.717) is 6.54 Å². The van der Waals surface area contributed by atoms with Gasteiger partial charge in [-0.25, -0.2) is 0 Å². The van der Waals surface area contributed by atoms with E-state index in [1.807, 2.05) is 42.2 Å². The summed E-state index contributed by atoms with van der Waals surface area (Å²) in [5, 5.41) is 3.42. The molecule has 3 rings (SSSR count). The highest BCUT2D eigenvalue weighted by Gasteiger charge is 2.28. The van der Waals surface area contributed by atoms with Crippen molar-refractivity contribution in [3.8, 4) is 5.75 Å². The van der Waals surface area contributed by atoms with Gasteiger partial charge in [-0.2, -0.15) is 0 Å². The lowest BCUT2D eigenvalue weighted by atomic mass is 10.0. The van der Waals surface area contributed by atoms with E-state index in [0.717, 1.165) is 41.5 Å². The van der Waals surface area contributed by atoms with Gasteiger partial charge in [-0.1, -0.05) is 0 Å². The fourth-order valence-corrected chi connectivity index (χ4v) is 3.26. The van der Waals surface area contributed by atoms with E-state index in [-0.39, 0.29) is 18.4 Å². The maximum absolute atomic E-state index is 12.0. The van der Waals surface area contributed by atoms with Gasteiger partial charge >= 0.3 is 0 Å². The molecule has 26 heavy (non-hydrogen) atoms. The second-order valence-corrected chi connectivity index (χ2v) is 6.53. The van der Waals surface area contributed by atoms with E-state index < -0.39 is 0 Å². The van der Waals surface area contributed by atoms with Gasteiger partial charge in [0.05, 0.1) is 7.11 Å². The number of rotatable bonds is 6. The molecule has 0 saturated carbocycles. The maximum atomic E-state index is 12.0. The first-order valence-electron chi connectivity index (χ1n) is 8.75. The molecule has 0 radical (unpaired) electrons. The van der Waals surface area contributed by atoms with Crippen LogP contribution in [0.2, 0.25) is 0 Å². The highest BCUT2D eigenvalue weighted by Crippen LogP contribution is 2.29. The minimum absolute atomic E-state index is 0.0410. The van der Waals surface area contributed by atoms with E-state index in [2.05, 4.69) is 11.4 Å². The predicted molar refractivity (Wildman–Crippen MR) is 101 cm³/mol. The number of amides is 1. The first kappa shape index (κ1) is 18.2. The highest BCUT2D eigenvalue weighted by atomic mass is 16.5.